The molecular formula is C23H30Cl2N4. The van der Waals surface area contributed by atoms with Crippen LogP contribution >= 0.6 is 23.2 Å². The van der Waals surface area contributed by atoms with E-state index >= 15 is 0 Å². The number of hydrogen-bond acceptors (Lipinski definition) is 4. The first-order valence-electron chi connectivity index (χ1n) is 10.4. The van der Waals surface area contributed by atoms with Crippen molar-refractivity contribution in [3.05, 3.63) is 66.2 Å². The van der Waals surface area contributed by atoms with Crippen molar-refractivity contribution in [1.82, 2.24) is 14.7 Å². The lowest BCUT2D eigenvalue weighted by molar-refractivity contribution is 0.174. The fourth-order valence-corrected chi connectivity index (χ4v) is 5.07. The Kier molecular flexibility index (Phi) is 6.99. The van der Waals surface area contributed by atoms with Gasteiger partial charge in [0.2, 0.25) is 0 Å². The van der Waals surface area contributed by atoms with E-state index in [4.69, 9.17) is 23.2 Å². The minimum Gasteiger partial charge on any atom is -0.352 e. The molecule has 2 fully saturated rings. The highest BCUT2D eigenvalue weighted by Gasteiger charge is 2.33. The van der Waals surface area contributed by atoms with Crippen molar-refractivity contribution in [3.63, 3.8) is 0 Å². The third kappa shape index (κ3) is 4.89. The normalized spacial score (nSPS) is 31.8. The van der Waals surface area contributed by atoms with Gasteiger partial charge in [-0.25, -0.2) is 0 Å². The number of halogens is 2. The van der Waals surface area contributed by atoms with E-state index in [-0.39, 0.29) is 11.0 Å². The zero-order chi connectivity index (χ0) is 20.2. The van der Waals surface area contributed by atoms with Crippen molar-refractivity contribution in [2.75, 3.05) is 57.8 Å². The standard InChI is InChI=1S/C23H30Cl2N4/c1-26-12-15-28-16-13-27(18-21(26)19-8-4-2-5-9-19)14-17-29(23(25)22(28)24)20-10-6-3-7-11-20/h2-11,21-23H,12-18H2,1H3. The molecule has 2 saturated heterocycles. The Morgan fingerprint density at radius 3 is 2.07 bits per heavy atom. The summed E-state index contributed by atoms with van der Waals surface area (Å²) in [5, 5.41) is 0. The highest BCUT2D eigenvalue weighted by Crippen LogP contribution is 2.28. The molecule has 0 spiro atoms. The van der Waals surface area contributed by atoms with E-state index in [0.29, 0.717) is 6.04 Å². The van der Waals surface area contributed by atoms with Crippen LogP contribution in [0.2, 0.25) is 0 Å². The van der Waals surface area contributed by atoms with Gasteiger partial charge in [0.05, 0.1) is 0 Å². The molecule has 4 rings (SSSR count). The van der Waals surface area contributed by atoms with Gasteiger partial charge in [0.1, 0.15) is 11.0 Å². The van der Waals surface area contributed by atoms with Gasteiger partial charge in [-0.1, -0.05) is 60.1 Å². The average Bonchev–Trinajstić information content (AvgIpc) is 2.87. The maximum atomic E-state index is 6.95. The highest BCUT2D eigenvalue weighted by molar-refractivity contribution is 6.30. The Morgan fingerprint density at radius 2 is 1.34 bits per heavy atom. The van der Waals surface area contributed by atoms with Crippen LogP contribution in [-0.2, 0) is 0 Å². The molecule has 0 amide bonds. The fraction of sp³-hybridized carbons (Fsp3) is 0.478. The van der Waals surface area contributed by atoms with Crippen LogP contribution < -0.4 is 4.90 Å². The minimum atomic E-state index is -0.270. The van der Waals surface area contributed by atoms with Gasteiger partial charge >= 0.3 is 0 Å². The van der Waals surface area contributed by atoms with Gasteiger partial charge in [0.15, 0.2) is 0 Å². The summed E-state index contributed by atoms with van der Waals surface area (Å²) in [4.78, 5) is 9.63. The number of rotatable bonds is 2. The Labute approximate surface area is 184 Å². The van der Waals surface area contributed by atoms with E-state index in [2.05, 4.69) is 81.2 Å². The molecule has 5 unspecified atom stereocenters. The van der Waals surface area contributed by atoms with Crippen LogP contribution in [0.15, 0.2) is 60.7 Å². The lowest BCUT2D eigenvalue weighted by atomic mass is 10.0. The first-order valence-corrected chi connectivity index (χ1v) is 11.3. The molecular weight excluding hydrogens is 403 g/mol. The number of likely N-dealkylation sites (N-methyl/N-ethyl adjacent to an activating group) is 1. The average molecular weight is 433 g/mol. The van der Waals surface area contributed by atoms with Gasteiger partial charge in [-0.05, 0) is 24.7 Å². The summed E-state index contributed by atoms with van der Waals surface area (Å²) in [5.41, 5.74) is 2.00. The molecule has 0 saturated carbocycles. The van der Waals surface area contributed by atoms with E-state index in [0.717, 1.165) is 51.5 Å². The third-order valence-corrected chi connectivity index (χ3v) is 7.33. The molecule has 4 nitrogen and oxygen atoms in total. The summed E-state index contributed by atoms with van der Waals surface area (Å²) < 4.78 is 0. The maximum absolute atomic E-state index is 6.95. The van der Waals surface area contributed by atoms with Gasteiger partial charge in [-0.3, -0.25) is 14.7 Å². The first-order chi connectivity index (χ1) is 14.1. The highest BCUT2D eigenvalue weighted by atomic mass is 35.5. The number of alkyl halides is 2. The van der Waals surface area contributed by atoms with E-state index < -0.39 is 0 Å². The molecule has 0 aromatic heterocycles. The predicted octanol–water partition coefficient (Wildman–Crippen LogP) is 3.93. The monoisotopic (exact) mass is 432 g/mol. The second-order valence-electron chi connectivity index (χ2n) is 8.02. The molecule has 2 aliphatic heterocycles. The molecule has 29 heavy (non-hydrogen) atoms. The molecule has 2 heterocycles. The number of nitrogens with zero attached hydrogens (tertiary/aromatic N) is 4. The van der Waals surface area contributed by atoms with Crippen molar-refractivity contribution in [2.45, 2.75) is 17.0 Å². The number of benzene rings is 2. The molecule has 156 valence electrons. The largest absolute Gasteiger partial charge is 0.352 e. The van der Waals surface area contributed by atoms with Gasteiger partial charge < -0.3 is 4.90 Å². The van der Waals surface area contributed by atoms with Crippen molar-refractivity contribution in [1.29, 1.82) is 0 Å². The van der Waals surface area contributed by atoms with Crippen LogP contribution in [0.25, 0.3) is 0 Å². The SMILES string of the molecule is CN1CCN2CCN(CCN(c3ccccc3)C(Cl)C2Cl)CC1c1ccccc1. The zero-order valence-electron chi connectivity index (χ0n) is 17.0. The zero-order valence-corrected chi connectivity index (χ0v) is 18.5. The van der Waals surface area contributed by atoms with Crippen molar-refractivity contribution < 1.29 is 0 Å². The molecule has 2 aromatic rings. The van der Waals surface area contributed by atoms with E-state index in [1.165, 1.54) is 5.56 Å². The Bertz CT molecular complexity index is 760. The second kappa shape index (κ2) is 9.67. The summed E-state index contributed by atoms with van der Waals surface area (Å²) in [6.45, 7) is 6.66. The van der Waals surface area contributed by atoms with Gasteiger partial charge in [0, 0.05) is 57.5 Å². The topological polar surface area (TPSA) is 13.0 Å². The second-order valence-corrected chi connectivity index (χ2v) is 8.91. The first kappa shape index (κ1) is 21.0. The minimum absolute atomic E-state index is 0.238. The molecule has 2 bridgehead atoms. The fourth-order valence-electron chi connectivity index (χ4n) is 4.37. The Morgan fingerprint density at radius 1 is 0.724 bits per heavy atom. The Hall–Kier alpha value is -1.30. The maximum Gasteiger partial charge on any atom is 0.134 e. The van der Waals surface area contributed by atoms with Crippen LogP contribution in [0.1, 0.15) is 11.6 Å². The van der Waals surface area contributed by atoms with E-state index in [1.807, 2.05) is 6.07 Å². The summed E-state index contributed by atoms with van der Waals surface area (Å²) in [6.07, 6.45) is 0. The predicted molar refractivity (Wildman–Crippen MR) is 123 cm³/mol. The summed E-state index contributed by atoms with van der Waals surface area (Å²) in [6, 6.07) is 21.6. The van der Waals surface area contributed by atoms with Crippen LogP contribution in [0.4, 0.5) is 5.69 Å². The third-order valence-electron chi connectivity index (χ3n) is 6.21. The van der Waals surface area contributed by atoms with Crippen LogP contribution in [0.5, 0.6) is 0 Å². The Balaban J connectivity index is 1.62. The number of anilines is 1. The van der Waals surface area contributed by atoms with Crippen molar-refractivity contribution in [3.8, 4) is 0 Å². The molecule has 0 radical (unpaired) electrons. The van der Waals surface area contributed by atoms with Crippen LogP contribution in [-0.4, -0.2) is 78.6 Å². The number of para-hydroxylation sites is 1. The van der Waals surface area contributed by atoms with Crippen molar-refractivity contribution >= 4 is 28.9 Å². The summed E-state index contributed by atoms with van der Waals surface area (Å²) in [7, 11) is 2.23. The van der Waals surface area contributed by atoms with Crippen molar-refractivity contribution in [2.24, 2.45) is 0 Å². The van der Waals surface area contributed by atoms with Crippen LogP contribution in [0, 0.1) is 0 Å². The smallest absolute Gasteiger partial charge is 0.134 e. The molecule has 0 aliphatic carbocycles. The van der Waals surface area contributed by atoms with E-state index in [9.17, 15) is 0 Å². The molecule has 6 heteroatoms. The summed E-state index contributed by atoms with van der Waals surface area (Å²) in [5.74, 6) is 0. The summed E-state index contributed by atoms with van der Waals surface area (Å²) >= 11 is 13.9. The number of fused-ring (bicyclic) bond motifs is 3. The van der Waals surface area contributed by atoms with Gasteiger partial charge in [-0.15, -0.1) is 11.6 Å². The lowest BCUT2D eigenvalue weighted by Gasteiger charge is -2.38. The molecule has 2 aromatic carbocycles. The lowest BCUT2D eigenvalue weighted by Crippen LogP contribution is -2.49. The van der Waals surface area contributed by atoms with E-state index in [1.54, 1.807) is 0 Å². The van der Waals surface area contributed by atoms with Crippen LogP contribution in [0.3, 0.4) is 0 Å². The molecule has 2 aliphatic rings. The van der Waals surface area contributed by atoms with Gasteiger partial charge in [-0.2, -0.15) is 0 Å². The molecule has 5 atom stereocenters. The quantitative estimate of drug-likeness (QED) is 0.526. The molecule has 0 N–H and O–H groups in total. The van der Waals surface area contributed by atoms with Gasteiger partial charge in [0.25, 0.3) is 0 Å². The number of hydrogen-bond donors (Lipinski definition) is 0.